The molecule has 0 unspecified atom stereocenters. The van der Waals surface area contributed by atoms with E-state index < -0.39 is 10.7 Å². The van der Waals surface area contributed by atoms with Gasteiger partial charge in [-0.15, -0.1) is 0 Å². The average molecular weight is 392 g/mol. The molecule has 1 saturated heterocycles. The molecule has 2 aromatic carbocycles. The van der Waals surface area contributed by atoms with Crippen molar-refractivity contribution in [3.63, 3.8) is 0 Å². The molecule has 1 aliphatic rings. The fourth-order valence-corrected chi connectivity index (χ4v) is 3.38. The van der Waals surface area contributed by atoms with Gasteiger partial charge in [0, 0.05) is 55.4 Å². The lowest BCUT2D eigenvalue weighted by Gasteiger charge is -2.34. The number of nitro groups is 1. The second-order valence-corrected chi connectivity index (χ2v) is 6.87. The van der Waals surface area contributed by atoms with Crippen molar-refractivity contribution in [1.82, 2.24) is 9.80 Å². The number of rotatable bonds is 5. The minimum absolute atomic E-state index is 0.0591. The summed E-state index contributed by atoms with van der Waals surface area (Å²) >= 11 is 5.99. The van der Waals surface area contributed by atoms with Crippen LogP contribution in [0.2, 0.25) is 5.02 Å². The summed E-state index contributed by atoms with van der Waals surface area (Å²) in [6, 6.07) is 10.9. The van der Waals surface area contributed by atoms with Gasteiger partial charge in [-0.2, -0.15) is 0 Å². The van der Waals surface area contributed by atoms with Crippen LogP contribution in [0.5, 0.6) is 0 Å². The lowest BCUT2D eigenvalue weighted by atomic mass is 10.1. The van der Waals surface area contributed by atoms with Gasteiger partial charge in [0.2, 0.25) is 5.91 Å². The zero-order valence-electron chi connectivity index (χ0n) is 14.6. The first kappa shape index (κ1) is 19.3. The van der Waals surface area contributed by atoms with Gasteiger partial charge in [-0.3, -0.25) is 19.8 Å². The van der Waals surface area contributed by atoms with Gasteiger partial charge in [-0.05, 0) is 17.7 Å². The molecular weight excluding hydrogens is 373 g/mol. The highest BCUT2D eigenvalue weighted by Crippen LogP contribution is 2.21. The van der Waals surface area contributed by atoms with Crippen molar-refractivity contribution in [3.8, 4) is 0 Å². The van der Waals surface area contributed by atoms with Crippen molar-refractivity contribution in [1.29, 1.82) is 0 Å². The molecule has 0 N–H and O–H groups in total. The van der Waals surface area contributed by atoms with E-state index in [1.165, 1.54) is 18.2 Å². The molecule has 8 heteroatoms. The van der Waals surface area contributed by atoms with E-state index in [1.54, 1.807) is 23.1 Å². The van der Waals surface area contributed by atoms with Crippen molar-refractivity contribution in [2.24, 2.45) is 0 Å². The third-order valence-electron chi connectivity index (χ3n) is 4.64. The van der Waals surface area contributed by atoms with Crippen molar-refractivity contribution in [2.75, 3.05) is 26.2 Å². The molecule has 0 spiro atoms. The summed E-state index contributed by atoms with van der Waals surface area (Å²) < 4.78 is 13.9. The zero-order valence-corrected chi connectivity index (χ0v) is 15.4. The van der Waals surface area contributed by atoms with Gasteiger partial charge in [-0.1, -0.05) is 29.8 Å². The number of halogens is 2. The molecule has 0 atom stereocenters. The molecular formula is C19H19ClFN3O3. The highest BCUT2D eigenvalue weighted by molar-refractivity contribution is 6.31. The van der Waals surface area contributed by atoms with Crippen LogP contribution in [0.3, 0.4) is 0 Å². The van der Waals surface area contributed by atoms with Crippen LogP contribution >= 0.6 is 11.6 Å². The minimum atomic E-state index is -0.472. The summed E-state index contributed by atoms with van der Waals surface area (Å²) in [4.78, 5) is 26.8. The second kappa shape index (κ2) is 8.45. The highest BCUT2D eigenvalue weighted by Gasteiger charge is 2.23. The van der Waals surface area contributed by atoms with E-state index in [4.69, 9.17) is 11.6 Å². The van der Waals surface area contributed by atoms with Crippen molar-refractivity contribution in [2.45, 2.75) is 13.0 Å². The maximum atomic E-state index is 13.9. The summed E-state index contributed by atoms with van der Waals surface area (Å²) in [5.74, 6) is -0.628. The predicted octanol–water partition coefficient (Wildman–Crippen LogP) is 3.27. The maximum Gasteiger partial charge on any atom is 0.269 e. The molecule has 0 aromatic heterocycles. The Labute approximate surface area is 161 Å². The van der Waals surface area contributed by atoms with Crippen LogP contribution in [0, 0.1) is 15.9 Å². The fourth-order valence-electron chi connectivity index (χ4n) is 3.15. The first-order valence-electron chi connectivity index (χ1n) is 8.60. The minimum Gasteiger partial charge on any atom is -0.340 e. The molecule has 2 aromatic rings. The molecule has 3 rings (SSSR count). The van der Waals surface area contributed by atoms with Crippen LogP contribution in [0.15, 0.2) is 42.5 Å². The lowest BCUT2D eigenvalue weighted by molar-refractivity contribution is -0.384. The SMILES string of the molecule is O=C(Cc1c(F)cccc1Cl)N1CCN(Cc2cccc([N+](=O)[O-])c2)CC1. The van der Waals surface area contributed by atoms with Gasteiger partial charge in [0.05, 0.1) is 11.3 Å². The van der Waals surface area contributed by atoms with Crippen LogP contribution in [0.4, 0.5) is 10.1 Å². The number of carbonyl (C=O) groups is 1. The molecule has 1 amide bonds. The number of non-ortho nitro benzene ring substituents is 1. The quantitative estimate of drug-likeness (QED) is 0.579. The van der Waals surface area contributed by atoms with Crippen molar-refractivity contribution in [3.05, 3.63) is 74.5 Å². The van der Waals surface area contributed by atoms with E-state index in [0.29, 0.717) is 32.7 Å². The number of carbonyl (C=O) groups excluding carboxylic acids is 1. The van der Waals surface area contributed by atoms with Crippen LogP contribution in [-0.4, -0.2) is 46.8 Å². The standard InChI is InChI=1S/C19H19ClFN3O3/c20-17-5-2-6-18(21)16(17)12-19(25)23-9-7-22(8-10-23)13-14-3-1-4-15(11-14)24(26)27/h1-6,11H,7-10,12-13H2. The molecule has 0 radical (unpaired) electrons. The summed E-state index contributed by atoms with van der Waals surface area (Å²) in [6.07, 6.45) is -0.0591. The van der Waals surface area contributed by atoms with Gasteiger partial charge in [0.15, 0.2) is 0 Å². The summed E-state index contributed by atoms with van der Waals surface area (Å²) in [5.41, 5.74) is 1.16. The lowest BCUT2D eigenvalue weighted by Crippen LogP contribution is -2.48. The molecule has 6 nitrogen and oxygen atoms in total. The smallest absolute Gasteiger partial charge is 0.269 e. The second-order valence-electron chi connectivity index (χ2n) is 6.46. The van der Waals surface area contributed by atoms with E-state index >= 15 is 0 Å². The fraction of sp³-hybridized carbons (Fsp3) is 0.316. The number of nitro benzene ring substituents is 1. The average Bonchev–Trinajstić information content (AvgIpc) is 2.65. The summed E-state index contributed by atoms with van der Waals surface area (Å²) in [5, 5.41) is 11.1. The normalized spacial score (nSPS) is 15.0. The van der Waals surface area contributed by atoms with Gasteiger partial charge in [0.25, 0.3) is 5.69 Å². The first-order valence-corrected chi connectivity index (χ1v) is 8.98. The van der Waals surface area contributed by atoms with Crippen LogP contribution in [0.1, 0.15) is 11.1 Å². The van der Waals surface area contributed by atoms with Gasteiger partial charge >= 0.3 is 0 Å². The van der Waals surface area contributed by atoms with Crippen molar-refractivity contribution < 1.29 is 14.1 Å². The summed E-state index contributed by atoms with van der Waals surface area (Å²) in [6.45, 7) is 2.95. The number of piperazine rings is 1. The number of hydrogen-bond donors (Lipinski definition) is 0. The molecule has 0 saturated carbocycles. The molecule has 27 heavy (non-hydrogen) atoms. The molecule has 142 valence electrons. The Balaban J connectivity index is 1.55. The zero-order chi connectivity index (χ0) is 19.4. The van der Waals surface area contributed by atoms with Crippen LogP contribution < -0.4 is 0 Å². The van der Waals surface area contributed by atoms with Crippen LogP contribution in [-0.2, 0) is 17.8 Å². The predicted molar refractivity (Wildman–Crippen MR) is 100 cm³/mol. The molecule has 1 heterocycles. The maximum absolute atomic E-state index is 13.9. The Kier molecular flexibility index (Phi) is 6.03. The number of nitrogens with zero attached hydrogens (tertiary/aromatic N) is 3. The van der Waals surface area contributed by atoms with E-state index in [2.05, 4.69) is 4.90 Å². The molecule has 1 fully saturated rings. The topological polar surface area (TPSA) is 66.7 Å². The third-order valence-corrected chi connectivity index (χ3v) is 5.00. The van der Waals surface area contributed by atoms with Crippen molar-refractivity contribution >= 4 is 23.2 Å². The van der Waals surface area contributed by atoms with Crippen LogP contribution in [0.25, 0.3) is 0 Å². The largest absolute Gasteiger partial charge is 0.340 e. The van der Waals surface area contributed by atoms with Gasteiger partial charge < -0.3 is 4.90 Å². The number of amides is 1. The Bertz CT molecular complexity index is 834. The number of hydrogen-bond acceptors (Lipinski definition) is 4. The number of benzene rings is 2. The summed E-state index contributed by atoms with van der Waals surface area (Å²) in [7, 11) is 0. The third kappa shape index (κ3) is 4.81. The van der Waals surface area contributed by atoms with E-state index in [-0.39, 0.29) is 28.6 Å². The van der Waals surface area contributed by atoms with Gasteiger partial charge in [0.1, 0.15) is 5.82 Å². The highest BCUT2D eigenvalue weighted by atomic mass is 35.5. The molecule has 0 aliphatic carbocycles. The Morgan fingerprint density at radius 1 is 1.15 bits per heavy atom. The molecule has 0 bridgehead atoms. The van der Waals surface area contributed by atoms with E-state index in [9.17, 15) is 19.3 Å². The van der Waals surface area contributed by atoms with E-state index in [1.807, 2.05) is 6.07 Å². The monoisotopic (exact) mass is 391 g/mol. The van der Waals surface area contributed by atoms with Gasteiger partial charge in [-0.25, -0.2) is 4.39 Å². The Morgan fingerprint density at radius 2 is 1.85 bits per heavy atom. The molecule has 1 aliphatic heterocycles. The first-order chi connectivity index (χ1) is 12.9. The Morgan fingerprint density at radius 3 is 2.52 bits per heavy atom. The van der Waals surface area contributed by atoms with E-state index in [0.717, 1.165) is 5.56 Å². The Hall–Kier alpha value is -2.51.